The average molecular weight is 252 g/mol. The van der Waals surface area contributed by atoms with Crippen molar-refractivity contribution in [2.45, 2.75) is 19.4 Å². The Hall–Kier alpha value is -1.13. The summed E-state index contributed by atoms with van der Waals surface area (Å²) in [4.78, 5) is 2.33. The third-order valence-corrected chi connectivity index (χ3v) is 3.56. The number of hydrogen-bond donors (Lipinski definition) is 1. The summed E-state index contributed by atoms with van der Waals surface area (Å²) in [6.07, 6.45) is 1.03. The van der Waals surface area contributed by atoms with Gasteiger partial charge < -0.3 is 10.5 Å². The smallest absolute Gasteiger partial charge is 0.165 e. The van der Waals surface area contributed by atoms with Crippen LogP contribution in [0.15, 0.2) is 24.3 Å². The fraction of sp³-hybridized carbons (Fsp3) is 0.571. The van der Waals surface area contributed by atoms with E-state index in [9.17, 15) is 4.39 Å². The van der Waals surface area contributed by atoms with Crippen LogP contribution < -0.4 is 10.5 Å². The molecule has 0 aromatic heterocycles. The standard InChI is InChI=1S/C14H21FN2O/c1-11-10-17(7-6-13(11)16)8-9-18-14-5-3-2-4-12(14)15/h2-5,11,13H,6-10,16H2,1H3. The molecule has 2 N–H and O–H groups in total. The molecule has 4 heteroatoms. The van der Waals surface area contributed by atoms with Crippen LogP contribution in [0.25, 0.3) is 0 Å². The molecule has 1 saturated heterocycles. The molecule has 2 atom stereocenters. The van der Waals surface area contributed by atoms with Crippen LogP contribution in [-0.4, -0.2) is 37.2 Å². The maximum absolute atomic E-state index is 13.3. The first-order valence-electron chi connectivity index (χ1n) is 6.52. The Morgan fingerprint density at radius 1 is 1.44 bits per heavy atom. The van der Waals surface area contributed by atoms with E-state index in [1.807, 2.05) is 0 Å². The van der Waals surface area contributed by atoms with Crippen molar-refractivity contribution >= 4 is 0 Å². The molecule has 100 valence electrons. The van der Waals surface area contributed by atoms with Gasteiger partial charge in [-0.05, 0) is 31.0 Å². The monoisotopic (exact) mass is 252 g/mol. The van der Waals surface area contributed by atoms with E-state index in [4.69, 9.17) is 10.5 Å². The topological polar surface area (TPSA) is 38.5 Å². The number of halogens is 1. The van der Waals surface area contributed by atoms with Crippen molar-refractivity contribution in [3.8, 4) is 5.75 Å². The van der Waals surface area contributed by atoms with Crippen LogP contribution in [0.4, 0.5) is 4.39 Å². The minimum absolute atomic E-state index is 0.300. The molecule has 3 nitrogen and oxygen atoms in total. The molecule has 1 aromatic carbocycles. The van der Waals surface area contributed by atoms with Gasteiger partial charge in [0.2, 0.25) is 0 Å². The number of rotatable bonds is 4. The third kappa shape index (κ3) is 3.43. The summed E-state index contributed by atoms with van der Waals surface area (Å²) in [5.41, 5.74) is 5.97. The molecule has 0 spiro atoms. The molecule has 0 aliphatic carbocycles. The number of nitrogens with zero attached hydrogens (tertiary/aromatic N) is 1. The second-order valence-electron chi connectivity index (χ2n) is 5.01. The Morgan fingerprint density at radius 2 is 2.22 bits per heavy atom. The minimum Gasteiger partial charge on any atom is -0.489 e. The Balaban J connectivity index is 1.74. The number of hydrogen-bond acceptors (Lipinski definition) is 3. The summed E-state index contributed by atoms with van der Waals surface area (Å²) in [6, 6.07) is 6.83. The fourth-order valence-electron chi connectivity index (χ4n) is 2.30. The molecule has 2 unspecified atom stereocenters. The number of likely N-dealkylation sites (tertiary alicyclic amines) is 1. The number of benzene rings is 1. The molecule has 1 aliphatic rings. The molecule has 1 heterocycles. The lowest BCUT2D eigenvalue weighted by molar-refractivity contribution is 0.138. The van der Waals surface area contributed by atoms with Crippen LogP contribution in [0.1, 0.15) is 13.3 Å². The van der Waals surface area contributed by atoms with Crippen LogP contribution in [0.3, 0.4) is 0 Å². The predicted molar refractivity (Wildman–Crippen MR) is 70.1 cm³/mol. The van der Waals surface area contributed by atoms with E-state index in [0.29, 0.717) is 24.3 Å². The minimum atomic E-state index is -0.300. The van der Waals surface area contributed by atoms with Crippen molar-refractivity contribution in [3.63, 3.8) is 0 Å². The molecule has 1 fully saturated rings. The van der Waals surface area contributed by atoms with E-state index in [1.54, 1.807) is 18.2 Å². The van der Waals surface area contributed by atoms with Gasteiger partial charge in [0.05, 0.1) is 0 Å². The van der Waals surface area contributed by atoms with E-state index in [2.05, 4.69) is 11.8 Å². The van der Waals surface area contributed by atoms with Gasteiger partial charge in [0.1, 0.15) is 6.61 Å². The van der Waals surface area contributed by atoms with E-state index in [1.165, 1.54) is 6.07 Å². The lowest BCUT2D eigenvalue weighted by atomic mass is 9.95. The summed E-state index contributed by atoms with van der Waals surface area (Å²) in [5, 5.41) is 0. The summed E-state index contributed by atoms with van der Waals surface area (Å²) in [7, 11) is 0. The summed E-state index contributed by atoms with van der Waals surface area (Å²) >= 11 is 0. The quantitative estimate of drug-likeness (QED) is 0.889. The zero-order chi connectivity index (χ0) is 13.0. The van der Waals surface area contributed by atoms with Gasteiger partial charge in [0.15, 0.2) is 11.6 Å². The van der Waals surface area contributed by atoms with Gasteiger partial charge in [0.25, 0.3) is 0 Å². The molecular formula is C14H21FN2O. The Kier molecular flexibility index (Phi) is 4.55. The lowest BCUT2D eigenvalue weighted by Crippen LogP contribution is -2.46. The average Bonchev–Trinajstić information content (AvgIpc) is 2.36. The summed E-state index contributed by atoms with van der Waals surface area (Å²) in [6.45, 7) is 5.52. The largest absolute Gasteiger partial charge is 0.489 e. The van der Waals surface area contributed by atoms with E-state index >= 15 is 0 Å². The third-order valence-electron chi connectivity index (χ3n) is 3.56. The first-order chi connectivity index (χ1) is 8.66. The van der Waals surface area contributed by atoms with Gasteiger partial charge in [-0.25, -0.2) is 4.39 Å². The second kappa shape index (κ2) is 6.16. The molecule has 1 aromatic rings. The molecule has 0 saturated carbocycles. The van der Waals surface area contributed by atoms with Gasteiger partial charge in [0, 0.05) is 19.1 Å². The number of nitrogens with two attached hydrogens (primary N) is 1. The Bertz CT molecular complexity index is 386. The highest BCUT2D eigenvalue weighted by molar-refractivity contribution is 5.23. The molecule has 1 aliphatic heterocycles. The predicted octanol–water partition coefficient (Wildman–Crippen LogP) is 1.87. The van der Waals surface area contributed by atoms with Crippen LogP contribution in [0.2, 0.25) is 0 Å². The highest BCUT2D eigenvalue weighted by atomic mass is 19.1. The Morgan fingerprint density at radius 3 is 2.94 bits per heavy atom. The van der Waals surface area contributed by atoms with Gasteiger partial charge in [-0.1, -0.05) is 19.1 Å². The molecular weight excluding hydrogens is 231 g/mol. The normalized spacial score (nSPS) is 25.1. The van der Waals surface area contributed by atoms with E-state index in [-0.39, 0.29) is 5.82 Å². The van der Waals surface area contributed by atoms with E-state index in [0.717, 1.165) is 26.1 Å². The number of ether oxygens (including phenoxy) is 1. The van der Waals surface area contributed by atoms with E-state index < -0.39 is 0 Å². The SMILES string of the molecule is CC1CN(CCOc2ccccc2F)CCC1N. The van der Waals surface area contributed by atoms with Crippen molar-refractivity contribution < 1.29 is 9.13 Å². The molecule has 18 heavy (non-hydrogen) atoms. The molecule has 0 radical (unpaired) electrons. The first-order valence-corrected chi connectivity index (χ1v) is 6.52. The zero-order valence-electron chi connectivity index (χ0n) is 10.8. The highest BCUT2D eigenvalue weighted by Crippen LogP contribution is 2.17. The maximum atomic E-state index is 13.3. The van der Waals surface area contributed by atoms with Gasteiger partial charge >= 0.3 is 0 Å². The fourth-order valence-corrected chi connectivity index (χ4v) is 2.30. The molecule has 0 bridgehead atoms. The van der Waals surface area contributed by atoms with Crippen LogP contribution >= 0.6 is 0 Å². The van der Waals surface area contributed by atoms with Crippen molar-refractivity contribution in [2.24, 2.45) is 11.7 Å². The van der Waals surface area contributed by atoms with Gasteiger partial charge in [-0.2, -0.15) is 0 Å². The van der Waals surface area contributed by atoms with Crippen LogP contribution in [0.5, 0.6) is 5.75 Å². The highest BCUT2D eigenvalue weighted by Gasteiger charge is 2.22. The van der Waals surface area contributed by atoms with Crippen LogP contribution in [0, 0.1) is 11.7 Å². The maximum Gasteiger partial charge on any atom is 0.165 e. The molecule has 0 amide bonds. The van der Waals surface area contributed by atoms with Gasteiger partial charge in [-0.15, -0.1) is 0 Å². The summed E-state index contributed by atoms with van der Waals surface area (Å²) < 4.78 is 18.8. The molecule has 2 rings (SSSR count). The number of piperidine rings is 1. The summed E-state index contributed by atoms with van der Waals surface area (Å²) in [5.74, 6) is 0.554. The van der Waals surface area contributed by atoms with Gasteiger partial charge in [-0.3, -0.25) is 4.90 Å². The number of para-hydroxylation sites is 1. The van der Waals surface area contributed by atoms with Crippen LogP contribution in [-0.2, 0) is 0 Å². The van der Waals surface area contributed by atoms with Crippen molar-refractivity contribution in [2.75, 3.05) is 26.2 Å². The zero-order valence-corrected chi connectivity index (χ0v) is 10.8. The van der Waals surface area contributed by atoms with Crippen molar-refractivity contribution in [1.29, 1.82) is 0 Å². The lowest BCUT2D eigenvalue weighted by Gasteiger charge is -2.34. The second-order valence-corrected chi connectivity index (χ2v) is 5.01. The first kappa shape index (κ1) is 13.3. The van der Waals surface area contributed by atoms with Crippen molar-refractivity contribution in [3.05, 3.63) is 30.1 Å². The van der Waals surface area contributed by atoms with Crippen molar-refractivity contribution in [1.82, 2.24) is 4.90 Å². The Labute approximate surface area is 108 Å².